The highest BCUT2D eigenvalue weighted by Gasteiger charge is 2.24. The van der Waals surface area contributed by atoms with Gasteiger partial charge in [-0.25, -0.2) is 0 Å². The van der Waals surface area contributed by atoms with E-state index >= 15 is 0 Å². The van der Waals surface area contributed by atoms with Crippen molar-refractivity contribution >= 4 is 23.2 Å². The van der Waals surface area contributed by atoms with Crippen molar-refractivity contribution in [1.82, 2.24) is 5.32 Å². The van der Waals surface area contributed by atoms with E-state index in [-0.39, 0.29) is 12.3 Å². The summed E-state index contributed by atoms with van der Waals surface area (Å²) in [6.45, 7) is 3.72. The van der Waals surface area contributed by atoms with Crippen molar-refractivity contribution in [2.45, 2.75) is 57.9 Å². The molecule has 0 spiro atoms. The molecule has 2 rings (SSSR count). The molecule has 0 saturated carbocycles. The summed E-state index contributed by atoms with van der Waals surface area (Å²) in [5, 5.41) is 11.7. The Labute approximate surface area is 123 Å². The van der Waals surface area contributed by atoms with Gasteiger partial charge in [0.05, 0.1) is 4.88 Å². The van der Waals surface area contributed by atoms with E-state index in [1.807, 2.05) is 19.9 Å². The molecule has 4 nitrogen and oxygen atoms in total. The van der Waals surface area contributed by atoms with Crippen LogP contribution < -0.4 is 5.32 Å². The molecule has 1 aliphatic rings. The zero-order valence-electron chi connectivity index (χ0n) is 12.0. The van der Waals surface area contributed by atoms with E-state index < -0.39 is 11.5 Å². The van der Waals surface area contributed by atoms with Crippen LogP contribution in [0, 0.1) is 0 Å². The lowest BCUT2D eigenvalue weighted by Crippen LogP contribution is -2.43. The minimum atomic E-state index is -0.834. The highest BCUT2D eigenvalue weighted by molar-refractivity contribution is 7.14. The molecule has 0 fully saturated rings. The number of thiophene rings is 1. The molecule has 0 atom stereocenters. The molecule has 0 aromatic carbocycles. The Bertz CT molecular complexity index is 496. The Kier molecular flexibility index (Phi) is 4.48. The van der Waals surface area contributed by atoms with Crippen LogP contribution in [0.25, 0.3) is 0 Å². The molecule has 0 unspecified atom stereocenters. The lowest BCUT2D eigenvalue weighted by atomic mass is 9.97. The number of fused-ring (bicyclic) bond motifs is 1. The minimum absolute atomic E-state index is 0.0637. The lowest BCUT2D eigenvalue weighted by molar-refractivity contribution is -0.137. The average Bonchev–Trinajstić information content (AvgIpc) is 2.80. The van der Waals surface area contributed by atoms with Crippen molar-refractivity contribution in [2.75, 3.05) is 0 Å². The number of nitrogens with one attached hydrogen (secondary N) is 1. The first-order valence-corrected chi connectivity index (χ1v) is 7.85. The average molecular weight is 295 g/mol. The molecule has 0 radical (unpaired) electrons. The van der Waals surface area contributed by atoms with Crippen molar-refractivity contribution in [3.05, 3.63) is 21.4 Å². The van der Waals surface area contributed by atoms with Crippen LogP contribution in [0.5, 0.6) is 0 Å². The highest BCUT2D eigenvalue weighted by atomic mass is 32.1. The molecule has 1 aromatic heterocycles. The normalized spacial score (nSPS) is 14.7. The molecule has 2 N–H and O–H groups in total. The molecular weight excluding hydrogens is 274 g/mol. The molecule has 0 aliphatic heterocycles. The predicted octanol–water partition coefficient (Wildman–Crippen LogP) is 3.00. The highest BCUT2D eigenvalue weighted by Crippen LogP contribution is 2.30. The largest absolute Gasteiger partial charge is 0.481 e. The third-order valence-corrected chi connectivity index (χ3v) is 4.87. The third-order valence-electron chi connectivity index (χ3n) is 3.64. The summed E-state index contributed by atoms with van der Waals surface area (Å²) in [5.74, 6) is -0.918. The molecule has 1 amide bonds. The fourth-order valence-corrected chi connectivity index (χ4v) is 3.60. The van der Waals surface area contributed by atoms with Gasteiger partial charge in [-0.3, -0.25) is 9.59 Å². The van der Waals surface area contributed by atoms with Crippen LogP contribution in [0.15, 0.2) is 6.07 Å². The monoisotopic (exact) mass is 295 g/mol. The first kappa shape index (κ1) is 15.0. The molecule has 0 bridgehead atoms. The van der Waals surface area contributed by atoms with Crippen LogP contribution >= 0.6 is 11.3 Å². The second kappa shape index (κ2) is 5.95. The van der Waals surface area contributed by atoms with E-state index in [1.54, 1.807) is 11.3 Å². The van der Waals surface area contributed by atoms with Gasteiger partial charge in [0.25, 0.3) is 5.91 Å². The Morgan fingerprint density at radius 3 is 2.70 bits per heavy atom. The third kappa shape index (κ3) is 3.82. The van der Waals surface area contributed by atoms with Crippen LogP contribution in [0.2, 0.25) is 0 Å². The van der Waals surface area contributed by atoms with Gasteiger partial charge >= 0.3 is 5.97 Å². The van der Waals surface area contributed by atoms with Crippen molar-refractivity contribution in [3.63, 3.8) is 0 Å². The zero-order valence-corrected chi connectivity index (χ0v) is 12.8. The minimum Gasteiger partial charge on any atom is -0.481 e. The topological polar surface area (TPSA) is 66.4 Å². The van der Waals surface area contributed by atoms with Gasteiger partial charge in [0.1, 0.15) is 0 Å². The van der Waals surface area contributed by atoms with Gasteiger partial charge in [-0.15, -0.1) is 11.3 Å². The number of carbonyl (C=O) groups is 2. The van der Waals surface area contributed by atoms with E-state index in [0.717, 1.165) is 17.7 Å². The fourth-order valence-electron chi connectivity index (χ4n) is 2.45. The number of aryl methyl sites for hydroxylation is 2. The summed E-state index contributed by atoms with van der Waals surface area (Å²) < 4.78 is 0. The quantitative estimate of drug-likeness (QED) is 0.877. The van der Waals surface area contributed by atoms with E-state index in [9.17, 15) is 9.59 Å². The fraction of sp³-hybridized carbons (Fsp3) is 0.600. The maximum Gasteiger partial charge on any atom is 0.303 e. The van der Waals surface area contributed by atoms with E-state index in [1.165, 1.54) is 23.3 Å². The molecular formula is C15H21NO3S. The number of rotatable bonds is 5. The van der Waals surface area contributed by atoms with Gasteiger partial charge in [0.2, 0.25) is 0 Å². The Morgan fingerprint density at radius 2 is 2.05 bits per heavy atom. The smallest absolute Gasteiger partial charge is 0.303 e. The maximum absolute atomic E-state index is 12.3. The molecule has 20 heavy (non-hydrogen) atoms. The molecule has 0 saturated heterocycles. The van der Waals surface area contributed by atoms with Crippen molar-refractivity contribution < 1.29 is 14.7 Å². The van der Waals surface area contributed by atoms with Gasteiger partial charge in [0, 0.05) is 16.8 Å². The Balaban J connectivity index is 2.00. The van der Waals surface area contributed by atoms with Gasteiger partial charge in [0.15, 0.2) is 0 Å². The first-order valence-electron chi connectivity index (χ1n) is 7.03. The molecule has 1 aliphatic carbocycles. The van der Waals surface area contributed by atoms with Crippen molar-refractivity contribution in [3.8, 4) is 0 Å². The van der Waals surface area contributed by atoms with Crippen LogP contribution in [0.1, 0.15) is 59.6 Å². The molecule has 1 aromatic rings. The predicted molar refractivity (Wildman–Crippen MR) is 79.4 cm³/mol. The van der Waals surface area contributed by atoms with Crippen LogP contribution in [-0.4, -0.2) is 22.5 Å². The number of carbonyl (C=O) groups excluding carboxylic acids is 1. The van der Waals surface area contributed by atoms with Crippen LogP contribution in [0.4, 0.5) is 0 Å². The van der Waals surface area contributed by atoms with E-state index in [2.05, 4.69) is 5.32 Å². The summed E-state index contributed by atoms with van der Waals surface area (Å²) in [5.41, 5.74) is 0.815. The summed E-state index contributed by atoms with van der Waals surface area (Å²) in [6.07, 6.45) is 5.05. The molecule has 1 heterocycles. The number of hydrogen-bond donors (Lipinski definition) is 2. The van der Waals surface area contributed by atoms with Gasteiger partial charge in [-0.1, -0.05) is 0 Å². The van der Waals surface area contributed by atoms with Crippen LogP contribution in [0.3, 0.4) is 0 Å². The lowest BCUT2D eigenvalue weighted by Gasteiger charge is -2.25. The van der Waals surface area contributed by atoms with Gasteiger partial charge in [-0.2, -0.15) is 0 Å². The second-order valence-corrected chi connectivity index (χ2v) is 7.13. The summed E-state index contributed by atoms with van der Waals surface area (Å²) in [4.78, 5) is 25.0. The standard InChI is InChI=1S/C15H21NO3S/c1-15(2,8-7-13(17)18)16-14(19)12-9-10-5-3-4-6-11(10)20-12/h9H,3-8H2,1-2H3,(H,16,19)(H,17,18). The van der Waals surface area contributed by atoms with Crippen molar-refractivity contribution in [1.29, 1.82) is 0 Å². The van der Waals surface area contributed by atoms with Crippen molar-refractivity contribution in [2.24, 2.45) is 0 Å². The van der Waals surface area contributed by atoms with Crippen LogP contribution in [-0.2, 0) is 17.6 Å². The van der Waals surface area contributed by atoms with Gasteiger partial charge < -0.3 is 10.4 Å². The first-order chi connectivity index (χ1) is 9.37. The molecule has 110 valence electrons. The SMILES string of the molecule is CC(C)(CCC(=O)O)NC(=O)c1cc2c(s1)CCCC2. The Hall–Kier alpha value is -1.36. The zero-order chi connectivity index (χ0) is 14.8. The number of aliphatic carboxylic acids is 1. The van der Waals surface area contributed by atoms with Gasteiger partial charge in [-0.05, 0) is 57.6 Å². The maximum atomic E-state index is 12.3. The Morgan fingerprint density at radius 1 is 1.35 bits per heavy atom. The second-order valence-electron chi connectivity index (χ2n) is 6.00. The number of carboxylic acid groups (broad SMARTS) is 1. The van der Waals surface area contributed by atoms with E-state index in [0.29, 0.717) is 6.42 Å². The number of hydrogen-bond acceptors (Lipinski definition) is 3. The summed E-state index contributed by atoms with van der Waals surface area (Å²) in [6, 6.07) is 2.00. The summed E-state index contributed by atoms with van der Waals surface area (Å²) >= 11 is 1.58. The number of carboxylic acids is 1. The summed E-state index contributed by atoms with van der Waals surface area (Å²) in [7, 11) is 0. The number of amides is 1. The molecule has 5 heteroatoms. The van der Waals surface area contributed by atoms with E-state index in [4.69, 9.17) is 5.11 Å².